The fraction of sp³-hybridized carbons (Fsp3) is 0.308. The van der Waals surface area contributed by atoms with Crippen LogP contribution in [0.1, 0.15) is 18.7 Å². The van der Waals surface area contributed by atoms with Gasteiger partial charge in [-0.2, -0.15) is 0 Å². The number of ether oxygens (including phenoxy) is 3. The average molecular weight is 472 g/mol. The molecule has 1 fully saturated rings. The number of aryl methyl sites for hydroxylation is 1. The highest BCUT2D eigenvalue weighted by molar-refractivity contribution is 6.05. The Balaban J connectivity index is 1.72. The van der Waals surface area contributed by atoms with Crippen molar-refractivity contribution in [2.45, 2.75) is 32.4 Å². The molecular weight excluding hydrogens is 446 g/mol. The Morgan fingerprint density at radius 1 is 1.00 bits per heavy atom. The molecule has 0 radical (unpaired) electrons. The van der Waals surface area contributed by atoms with E-state index < -0.39 is 0 Å². The van der Waals surface area contributed by atoms with Crippen molar-refractivity contribution in [1.29, 1.82) is 0 Å². The number of rotatable bonds is 5. The van der Waals surface area contributed by atoms with E-state index in [1.165, 1.54) is 0 Å². The van der Waals surface area contributed by atoms with Crippen molar-refractivity contribution in [2.75, 3.05) is 20.8 Å². The number of hydrogen-bond acceptors (Lipinski definition) is 7. The smallest absolute Gasteiger partial charge is 0.265 e. The van der Waals surface area contributed by atoms with Crippen LogP contribution in [-0.2, 0) is 11.3 Å². The van der Waals surface area contributed by atoms with Crippen molar-refractivity contribution in [2.24, 2.45) is 0 Å². The zero-order chi connectivity index (χ0) is 24.1. The Morgan fingerprint density at radius 2 is 1.71 bits per heavy atom. The van der Waals surface area contributed by atoms with Crippen LogP contribution in [0.5, 0.6) is 11.5 Å². The molecule has 0 amide bonds. The van der Waals surface area contributed by atoms with Gasteiger partial charge >= 0.3 is 0 Å². The van der Waals surface area contributed by atoms with Gasteiger partial charge in [0.05, 0.1) is 43.6 Å². The summed E-state index contributed by atoms with van der Waals surface area (Å²) in [5, 5.41) is 0.434. The number of para-hydroxylation sites is 2. The van der Waals surface area contributed by atoms with E-state index in [2.05, 4.69) is 0 Å². The summed E-state index contributed by atoms with van der Waals surface area (Å²) in [6.45, 7) is 3.04. The second kappa shape index (κ2) is 8.35. The first-order valence-electron chi connectivity index (χ1n) is 11.6. The number of methoxy groups -OCH3 is 2. The highest BCUT2D eigenvalue weighted by Crippen LogP contribution is 2.32. The Labute approximate surface area is 200 Å². The van der Waals surface area contributed by atoms with Crippen LogP contribution in [0, 0.1) is 6.92 Å². The van der Waals surface area contributed by atoms with Gasteiger partial charge in [-0.3, -0.25) is 13.9 Å². The van der Waals surface area contributed by atoms with Gasteiger partial charge in [0.15, 0.2) is 11.3 Å². The summed E-state index contributed by atoms with van der Waals surface area (Å²) < 4.78 is 20.4. The summed E-state index contributed by atoms with van der Waals surface area (Å²) in [5.41, 5.74) is 3.58. The minimum Gasteiger partial charge on any atom is -0.497 e. The Kier molecular flexibility index (Phi) is 5.14. The van der Waals surface area contributed by atoms with Crippen LogP contribution in [0.25, 0.3) is 38.9 Å². The molecule has 5 aromatic rings. The molecule has 1 saturated heterocycles. The molecule has 0 spiro atoms. The lowest BCUT2D eigenvalue weighted by atomic mass is 10.2. The van der Waals surface area contributed by atoms with Crippen molar-refractivity contribution in [3.63, 3.8) is 0 Å². The summed E-state index contributed by atoms with van der Waals surface area (Å²) in [7, 11) is 3.20. The van der Waals surface area contributed by atoms with E-state index in [0.29, 0.717) is 57.3 Å². The molecule has 1 aliphatic rings. The standard InChI is InChI=1S/C26H25N5O4/c1-15-27-24-22(26(32)30(15)14-17-7-6-10-35-17)23-25(29-21-9-5-4-8-20(21)28-23)31(24)16-11-18(33-2)13-19(12-16)34-3/h4-5,8-9,11-13,17H,6-7,10,14H2,1-3H3. The van der Waals surface area contributed by atoms with E-state index in [9.17, 15) is 4.79 Å². The summed E-state index contributed by atoms with van der Waals surface area (Å²) in [5.74, 6) is 1.85. The maximum atomic E-state index is 13.9. The van der Waals surface area contributed by atoms with E-state index in [1.54, 1.807) is 24.9 Å². The quantitative estimate of drug-likeness (QED) is 0.385. The van der Waals surface area contributed by atoms with Crippen molar-refractivity contribution in [3.05, 3.63) is 58.6 Å². The maximum Gasteiger partial charge on any atom is 0.265 e. The fourth-order valence-electron chi connectivity index (χ4n) is 4.80. The Bertz CT molecular complexity index is 1630. The number of nitrogens with zero attached hydrogens (tertiary/aromatic N) is 5. The molecule has 0 aliphatic carbocycles. The van der Waals surface area contributed by atoms with Gasteiger partial charge in [-0.25, -0.2) is 15.0 Å². The number of fused-ring (bicyclic) bond motifs is 4. The van der Waals surface area contributed by atoms with Crippen LogP contribution in [0.3, 0.4) is 0 Å². The molecule has 1 aliphatic heterocycles. The second-order valence-electron chi connectivity index (χ2n) is 8.70. The highest BCUT2D eigenvalue weighted by atomic mass is 16.5. The lowest BCUT2D eigenvalue weighted by Gasteiger charge is -2.15. The van der Waals surface area contributed by atoms with Gasteiger partial charge in [0.25, 0.3) is 5.56 Å². The zero-order valence-corrected chi connectivity index (χ0v) is 19.8. The first-order valence-corrected chi connectivity index (χ1v) is 11.6. The molecule has 9 nitrogen and oxygen atoms in total. The normalized spacial score (nSPS) is 15.9. The molecule has 35 heavy (non-hydrogen) atoms. The monoisotopic (exact) mass is 471 g/mol. The molecule has 1 atom stereocenters. The Hall–Kier alpha value is -3.98. The first-order chi connectivity index (χ1) is 17.1. The van der Waals surface area contributed by atoms with Crippen molar-refractivity contribution >= 4 is 33.2 Å². The van der Waals surface area contributed by atoms with Gasteiger partial charge < -0.3 is 14.2 Å². The van der Waals surface area contributed by atoms with Crippen molar-refractivity contribution in [3.8, 4) is 17.2 Å². The average Bonchev–Trinajstić information content (AvgIpc) is 3.50. The third kappa shape index (κ3) is 3.50. The van der Waals surface area contributed by atoms with Crippen LogP contribution in [0.2, 0.25) is 0 Å². The van der Waals surface area contributed by atoms with Crippen LogP contribution >= 0.6 is 0 Å². The van der Waals surface area contributed by atoms with Crippen LogP contribution in [0.4, 0.5) is 0 Å². The molecule has 178 valence electrons. The third-order valence-electron chi connectivity index (χ3n) is 6.56. The van der Waals surface area contributed by atoms with E-state index in [1.807, 2.05) is 47.9 Å². The molecule has 6 rings (SSSR count). The summed E-state index contributed by atoms with van der Waals surface area (Å²) in [6.07, 6.45) is 1.94. The van der Waals surface area contributed by atoms with Crippen molar-refractivity contribution in [1.82, 2.24) is 24.1 Å². The predicted molar refractivity (Wildman–Crippen MR) is 133 cm³/mol. The number of aromatic nitrogens is 5. The SMILES string of the molecule is COc1cc(OC)cc(-n2c3nc4ccccc4nc3c3c(=O)n(CC4CCCO4)c(C)nc32)c1. The summed E-state index contributed by atoms with van der Waals surface area (Å²) in [6, 6.07) is 13.2. The molecule has 9 heteroatoms. The molecule has 4 heterocycles. The van der Waals surface area contributed by atoms with Crippen LogP contribution in [0.15, 0.2) is 47.3 Å². The topological polar surface area (TPSA) is 93.3 Å². The maximum absolute atomic E-state index is 13.9. The summed E-state index contributed by atoms with van der Waals surface area (Å²) in [4.78, 5) is 28.6. The molecular formula is C26H25N5O4. The molecule has 3 aromatic heterocycles. The minimum absolute atomic E-state index is 0.00793. The van der Waals surface area contributed by atoms with Gasteiger partial charge in [-0.1, -0.05) is 12.1 Å². The van der Waals surface area contributed by atoms with E-state index in [4.69, 9.17) is 29.2 Å². The Morgan fingerprint density at radius 3 is 2.37 bits per heavy atom. The number of benzene rings is 2. The minimum atomic E-state index is -0.147. The van der Waals surface area contributed by atoms with Crippen LogP contribution in [-0.4, -0.2) is 51.0 Å². The molecule has 0 bridgehead atoms. The van der Waals surface area contributed by atoms with E-state index >= 15 is 0 Å². The fourth-order valence-corrected chi connectivity index (χ4v) is 4.80. The molecule has 1 unspecified atom stereocenters. The van der Waals surface area contributed by atoms with E-state index in [-0.39, 0.29) is 11.7 Å². The molecule has 0 N–H and O–H groups in total. The molecule has 2 aromatic carbocycles. The van der Waals surface area contributed by atoms with Crippen LogP contribution < -0.4 is 15.0 Å². The molecule has 0 saturated carbocycles. The summed E-state index contributed by atoms with van der Waals surface area (Å²) >= 11 is 0. The van der Waals surface area contributed by atoms with Crippen molar-refractivity contribution < 1.29 is 14.2 Å². The predicted octanol–water partition coefficient (Wildman–Crippen LogP) is 3.79. The lowest BCUT2D eigenvalue weighted by molar-refractivity contribution is 0.0955. The highest BCUT2D eigenvalue weighted by Gasteiger charge is 2.25. The zero-order valence-electron chi connectivity index (χ0n) is 19.8. The van der Waals surface area contributed by atoms with Gasteiger partial charge in [-0.05, 0) is 31.9 Å². The first kappa shape index (κ1) is 21.5. The van der Waals surface area contributed by atoms with Gasteiger partial charge in [0.1, 0.15) is 28.2 Å². The largest absolute Gasteiger partial charge is 0.497 e. The van der Waals surface area contributed by atoms with Gasteiger partial charge in [0, 0.05) is 24.8 Å². The van der Waals surface area contributed by atoms with E-state index in [0.717, 1.165) is 25.0 Å². The second-order valence-corrected chi connectivity index (χ2v) is 8.70. The number of hydrogen-bond donors (Lipinski definition) is 0. The van der Waals surface area contributed by atoms with Gasteiger partial charge in [0.2, 0.25) is 0 Å². The lowest BCUT2D eigenvalue weighted by Crippen LogP contribution is -2.29. The van der Waals surface area contributed by atoms with Gasteiger partial charge in [-0.15, -0.1) is 0 Å². The third-order valence-corrected chi connectivity index (χ3v) is 6.56.